The molecule has 0 spiro atoms. The molecule has 6 aromatic rings. The summed E-state index contributed by atoms with van der Waals surface area (Å²) >= 11 is 1.72. The Morgan fingerprint density at radius 2 is 1.63 bits per heavy atom. The predicted octanol–water partition coefficient (Wildman–Crippen LogP) is 8.62. The van der Waals surface area contributed by atoms with Crippen LogP contribution in [0.15, 0.2) is 97.3 Å². The van der Waals surface area contributed by atoms with Crippen LogP contribution in [0.25, 0.3) is 32.6 Å². The van der Waals surface area contributed by atoms with E-state index in [9.17, 15) is 0 Å². The molecule has 0 saturated heterocycles. The van der Waals surface area contributed by atoms with Crippen LogP contribution in [0.2, 0.25) is 0 Å². The summed E-state index contributed by atoms with van der Waals surface area (Å²) in [4.78, 5) is 10.2. The Kier molecular flexibility index (Phi) is 7.46. The van der Waals surface area contributed by atoms with Gasteiger partial charge in [-0.25, -0.2) is 4.98 Å². The first-order valence-electron chi connectivity index (χ1n) is 13.3. The zero-order chi connectivity index (χ0) is 27.2. The van der Waals surface area contributed by atoms with Gasteiger partial charge in [-0.15, -0.1) is 52.7 Å². The maximum atomic E-state index is 6.34. The number of rotatable bonds is 6. The van der Waals surface area contributed by atoms with E-state index in [1.54, 1.807) is 11.3 Å². The molecule has 0 aliphatic carbocycles. The summed E-state index contributed by atoms with van der Waals surface area (Å²) in [5, 5.41) is 3.23. The molecule has 0 N–H and O–H groups in total. The molecule has 7 rings (SSSR count). The van der Waals surface area contributed by atoms with Crippen LogP contribution in [0.5, 0.6) is 11.5 Å². The number of anilines is 1. The van der Waals surface area contributed by atoms with E-state index in [-0.39, 0.29) is 21.1 Å². The third-order valence-electron chi connectivity index (χ3n) is 7.09. The number of benzene rings is 4. The number of hydrogen-bond donors (Lipinski definition) is 0. The van der Waals surface area contributed by atoms with Crippen molar-refractivity contribution < 1.29 is 25.8 Å². The van der Waals surface area contributed by atoms with Crippen molar-refractivity contribution in [3.05, 3.63) is 127 Å². The number of hydrogen-bond acceptors (Lipinski definition) is 5. The second kappa shape index (κ2) is 11.2. The van der Waals surface area contributed by atoms with Crippen molar-refractivity contribution in [2.75, 3.05) is 11.9 Å². The van der Waals surface area contributed by atoms with Crippen LogP contribution in [0.1, 0.15) is 30.2 Å². The number of ether oxygens (including phenoxy) is 1. The molecular formula is C34H27N4OPtS-3. The Morgan fingerprint density at radius 3 is 2.44 bits per heavy atom. The molecule has 0 radical (unpaired) electrons. The molecular weight excluding hydrogens is 708 g/mol. The van der Waals surface area contributed by atoms with Crippen LogP contribution in [-0.4, -0.2) is 21.5 Å². The molecule has 3 heterocycles. The minimum absolute atomic E-state index is 0. The van der Waals surface area contributed by atoms with E-state index >= 15 is 0 Å². The smallest absolute Gasteiger partial charge is 0.192 e. The average Bonchev–Trinajstić information content (AvgIpc) is 3.69. The first kappa shape index (κ1) is 27.3. The average molecular weight is 735 g/mol. The van der Waals surface area contributed by atoms with Crippen LogP contribution < -0.4 is 9.64 Å². The minimum Gasteiger partial charge on any atom is -0.509 e. The van der Waals surface area contributed by atoms with Crippen molar-refractivity contribution in [2.24, 2.45) is 0 Å². The third-order valence-corrected chi connectivity index (χ3v) is 8.37. The SMILES string of the molecule is CC(C)c1cnc(-n2c3[c-]c(Oc4[c-]c(N5C=C(c6ccccc6)N(C)[CH-]5)ccc4)ccc3c3ccccc32)s1.[Pt]. The van der Waals surface area contributed by atoms with Crippen LogP contribution in [0, 0.1) is 18.8 Å². The number of nitrogens with zero attached hydrogens (tertiary/aromatic N) is 4. The van der Waals surface area contributed by atoms with Gasteiger partial charge in [0, 0.05) is 54.9 Å². The molecule has 0 amide bonds. The summed E-state index contributed by atoms with van der Waals surface area (Å²) in [5.74, 6) is 1.69. The zero-order valence-corrected chi connectivity index (χ0v) is 25.9. The Labute approximate surface area is 258 Å². The van der Waals surface area contributed by atoms with Gasteiger partial charge in [-0.05, 0) is 36.2 Å². The van der Waals surface area contributed by atoms with Crippen LogP contribution >= 0.6 is 11.3 Å². The van der Waals surface area contributed by atoms with Crippen molar-refractivity contribution in [1.82, 2.24) is 14.5 Å². The fourth-order valence-electron chi connectivity index (χ4n) is 5.07. The van der Waals surface area contributed by atoms with Gasteiger partial charge < -0.3 is 19.1 Å². The van der Waals surface area contributed by atoms with Gasteiger partial charge >= 0.3 is 0 Å². The van der Waals surface area contributed by atoms with Crippen molar-refractivity contribution in [3.8, 4) is 16.6 Å². The Morgan fingerprint density at radius 1 is 0.854 bits per heavy atom. The van der Waals surface area contributed by atoms with Crippen molar-refractivity contribution in [3.63, 3.8) is 0 Å². The number of thiazole rings is 1. The summed E-state index contributed by atoms with van der Waals surface area (Å²) in [6, 6.07) is 35.8. The molecule has 7 heteroatoms. The summed E-state index contributed by atoms with van der Waals surface area (Å²) < 4.78 is 8.53. The Bertz CT molecular complexity index is 1870. The van der Waals surface area contributed by atoms with Crippen LogP contribution in [0.4, 0.5) is 5.69 Å². The molecule has 41 heavy (non-hydrogen) atoms. The molecule has 0 atom stereocenters. The largest absolute Gasteiger partial charge is 0.509 e. The van der Waals surface area contributed by atoms with Crippen LogP contribution in [-0.2, 0) is 21.1 Å². The Hall–Kier alpha value is -3.86. The second-order valence-electron chi connectivity index (χ2n) is 10.2. The fourth-order valence-corrected chi connectivity index (χ4v) is 6.01. The van der Waals surface area contributed by atoms with Crippen molar-refractivity contribution in [2.45, 2.75) is 19.8 Å². The maximum absolute atomic E-state index is 6.34. The summed E-state index contributed by atoms with van der Waals surface area (Å²) in [6.45, 7) is 6.44. The van der Waals surface area contributed by atoms with Gasteiger partial charge in [-0.3, -0.25) is 0 Å². The normalized spacial score (nSPS) is 13.2. The van der Waals surface area contributed by atoms with E-state index in [1.165, 1.54) is 10.3 Å². The quantitative estimate of drug-likeness (QED) is 0.161. The van der Waals surface area contributed by atoms with Gasteiger partial charge in [0.25, 0.3) is 0 Å². The molecule has 1 aliphatic heterocycles. The molecule has 1 aliphatic rings. The number of fused-ring (bicyclic) bond motifs is 3. The Balaban J connectivity index is 0.00000302. The van der Waals surface area contributed by atoms with Gasteiger partial charge in [0.1, 0.15) is 0 Å². The number of para-hydroxylation sites is 1. The first-order chi connectivity index (χ1) is 19.5. The van der Waals surface area contributed by atoms with Gasteiger partial charge in [0.05, 0.1) is 0 Å². The standard InChI is InChI=1S/C34H27N4OS.Pt/c1-23(2)33-20-35-34(40-33)38-30-15-8-7-14-28(30)29-17-16-27(19-31(29)38)39-26-13-9-12-25(18-26)37-21-32(36(3)22-37)24-10-5-4-6-11-24;/h4-17,20-23H,1-3H3;/q-3;. The molecule has 5 nitrogen and oxygen atoms in total. The van der Waals surface area contributed by atoms with E-state index < -0.39 is 0 Å². The summed E-state index contributed by atoms with van der Waals surface area (Å²) in [5.41, 5.74) is 5.24. The fraction of sp³-hybridized carbons (Fsp3) is 0.118. The van der Waals surface area contributed by atoms with Gasteiger partial charge in [0.15, 0.2) is 5.13 Å². The molecule has 208 valence electrons. The summed E-state index contributed by atoms with van der Waals surface area (Å²) in [7, 11) is 2.05. The number of aromatic nitrogens is 2. The van der Waals surface area contributed by atoms with Crippen molar-refractivity contribution >= 4 is 44.5 Å². The molecule has 4 aromatic carbocycles. The van der Waals surface area contributed by atoms with E-state index in [1.807, 2.05) is 43.2 Å². The molecule has 0 fully saturated rings. The second-order valence-corrected chi connectivity index (χ2v) is 11.2. The van der Waals surface area contributed by atoms with Crippen molar-refractivity contribution in [1.29, 1.82) is 0 Å². The predicted molar refractivity (Wildman–Crippen MR) is 164 cm³/mol. The summed E-state index contributed by atoms with van der Waals surface area (Å²) in [6.07, 6.45) is 4.09. The molecule has 0 saturated carbocycles. The topological polar surface area (TPSA) is 33.5 Å². The third kappa shape index (κ3) is 5.07. The molecule has 0 unspecified atom stereocenters. The molecule has 0 bridgehead atoms. The van der Waals surface area contributed by atoms with E-state index in [4.69, 9.17) is 9.72 Å². The van der Waals surface area contributed by atoms with Gasteiger partial charge in [0.2, 0.25) is 0 Å². The minimum atomic E-state index is 0. The van der Waals surface area contributed by atoms with Crippen LogP contribution in [0.3, 0.4) is 0 Å². The first-order valence-corrected chi connectivity index (χ1v) is 14.1. The van der Waals surface area contributed by atoms with Gasteiger partial charge in [-0.1, -0.05) is 67.9 Å². The monoisotopic (exact) mass is 734 g/mol. The van der Waals surface area contributed by atoms with E-state index in [2.05, 4.69) is 108 Å². The van der Waals surface area contributed by atoms with E-state index in [0.717, 1.165) is 38.5 Å². The molecule has 2 aromatic heterocycles. The van der Waals surface area contributed by atoms with E-state index in [0.29, 0.717) is 17.4 Å². The maximum Gasteiger partial charge on any atom is 0.192 e. The zero-order valence-electron chi connectivity index (χ0n) is 22.8. The van der Waals surface area contributed by atoms with Gasteiger partial charge in [-0.2, -0.15) is 18.8 Å².